The third-order valence-electron chi connectivity index (χ3n) is 0.916. The number of aliphatic imine (C=N–C) groups is 1. The molecule has 54 valence electrons. The Morgan fingerprint density at radius 3 is 2.00 bits per heavy atom. The van der Waals surface area contributed by atoms with Crippen LogP contribution in [0.4, 0.5) is 4.39 Å². The Morgan fingerprint density at radius 2 is 1.89 bits per heavy atom. The molecule has 0 heterocycles. The van der Waals surface area contributed by atoms with Crippen LogP contribution in [0.1, 0.15) is 27.7 Å². The minimum absolute atomic E-state index is 0.259. The molecule has 0 amide bonds. The average molecular weight is 131 g/mol. The van der Waals surface area contributed by atoms with Crippen molar-refractivity contribution in [3.8, 4) is 0 Å². The van der Waals surface area contributed by atoms with Gasteiger partial charge >= 0.3 is 0 Å². The average Bonchev–Trinajstić information content (AvgIpc) is 1.64. The summed E-state index contributed by atoms with van der Waals surface area (Å²) in [6, 6.07) is 0. The van der Waals surface area contributed by atoms with Gasteiger partial charge in [-0.2, -0.15) is 4.39 Å². The molecular weight excluding hydrogens is 117 g/mol. The van der Waals surface area contributed by atoms with E-state index < -0.39 is 5.41 Å². The fourth-order valence-corrected chi connectivity index (χ4v) is 0.376. The molecule has 0 aromatic carbocycles. The van der Waals surface area contributed by atoms with Gasteiger partial charge in [0.25, 0.3) is 0 Å². The van der Waals surface area contributed by atoms with Crippen molar-refractivity contribution < 1.29 is 4.39 Å². The molecule has 0 rings (SSSR count). The van der Waals surface area contributed by atoms with Crippen molar-refractivity contribution in [1.29, 1.82) is 0 Å². The first-order valence-electron chi connectivity index (χ1n) is 3.19. The summed E-state index contributed by atoms with van der Waals surface area (Å²) >= 11 is 0. The van der Waals surface area contributed by atoms with E-state index in [1.54, 1.807) is 0 Å². The third-order valence-corrected chi connectivity index (χ3v) is 0.916. The van der Waals surface area contributed by atoms with Crippen molar-refractivity contribution in [3.05, 3.63) is 0 Å². The smallest absolute Gasteiger partial charge is 0.189 e. The minimum Gasteiger partial charge on any atom is -0.262 e. The molecule has 0 spiro atoms. The van der Waals surface area contributed by atoms with E-state index in [4.69, 9.17) is 0 Å². The van der Waals surface area contributed by atoms with E-state index in [-0.39, 0.29) is 5.97 Å². The summed E-state index contributed by atoms with van der Waals surface area (Å²) < 4.78 is 12.7. The first kappa shape index (κ1) is 8.60. The largest absolute Gasteiger partial charge is 0.262 e. The summed E-state index contributed by atoms with van der Waals surface area (Å²) in [5.41, 5.74) is -0.407. The maximum Gasteiger partial charge on any atom is 0.189 e. The molecule has 0 N–H and O–H groups in total. The van der Waals surface area contributed by atoms with E-state index in [0.717, 1.165) is 0 Å². The molecule has 0 aromatic rings. The molecule has 0 aromatic heterocycles. The van der Waals surface area contributed by atoms with Crippen molar-refractivity contribution in [1.82, 2.24) is 0 Å². The summed E-state index contributed by atoms with van der Waals surface area (Å²) in [5, 5.41) is 0. The second-order valence-electron chi connectivity index (χ2n) is 3.02. The van der Waals surface area contributed by atoms with Crippen LogP contribution in [0.25, 0.3) is 0 Å². The van der Waals surface area contributed by atoms with Crippen molar-refractivity contribution >= 4 is 5.97 Å². The highest BCUT2D eigenvalue weighted by Gasteiger charge is 2.17. The van der Waals surface area contributed by atoms with Crippen LogP contribution in [0.3, 0.4) is 0 Å². The molecule has 0 bridgehead atoms. The van der Waals surface area contributed by atoms with Crippen LogP contribution >= 0.6 is 0 Å². The molecule has 0 radical (unpaired) electrons. The zero-order valence-corrected chi connectivity index (χ0v) is 6.53. The van der Waals surface area contributed by atoms with E-state index in [1.807, 2.05) is 27.7 Å². The van der Waals surface area contributed by atoms with Gasteiger partial charge in [0, 0.05) is 12.0 Å². The maximum absolute atomic E-state index is 12.7. The van der Waals surface area contributed by atoms with Crippen LogP contribution in [0, 0.1) is 5.41 Å². The SMILES string of the molecule is CCN=C(F)C(C)(C)C. The van der Waals surface area contributed by atoms with Gasteiger partial charge in [-0.05, 0) is 6.92 Å². The molecular formula is C7H14FN. The lowest BCUT2D eigenvalue weighted by molar-refractivity contribution is 0.515. The predicted molar refractivity (Wildman–Crippen MR) is 38.5 cm³/mol. The van der Waals surface area contributed by atoms with Gasteiger partial charge in [-0.15, -0.1) is 0 Å². The van der Waals surface area contributed by atoms with Gasteiger partial charge in [0.1, 0.15) is 0 Å². The standard InChI is InChI=1S/C7H14FN/c1-5-9-6(8)7(2,3)4/h5H2,1-4H3. The highest BCUT2D eigenvalue weighted by molar-refractivity contribution is 5.80. The molecule has 1 nitrogen and oxygen atoms in total. The number of hydrogen-bond acceptors (Lipinski definition) is 1. The Labute approximate surface area is 56.0 Å². The zero-order valence-electron chi connectivity index (χ0n) is 6.53. The first-order chi connectivity index (χ1) is 3.98. The Balaban J connectivity index is 4.03. The van der Waals surface area contributed by atoms with E-state index >= 15 is 0 Å². The fourth-order valence-electron chi connectivity index (χ4n) is 0.376. The molecule has 2 heteroatoms. The Kier molecular flexibility index (Phi) is 2.82. The van der Waals surface area contributed by atoms with Gasteiger partial charge in [-0.1, -0.05) is 20.8 Å². The van der Waals surface area contributed by atoms with Crippen LogP contribution in [-0.2, 0) is 0 Å². The summed E-state index contributed by atoms with van der Waals surface area (Å²) in [4.78, 5) is 3.65. The molecule has 0 aliphatic rings. The molecule has 0 unspecified atom stereocenters. The highest BCUT2D eigenvalue weighted by Crippen LogP contribution is 2.16. The Hall–Kier alpha value is -0.400. The number of nitrogens with zero attached hydrogens (tertiary/aromatic N) is 1. The topological polar surface area (TPSA) is 12.4 Å². The lowest BCUT2D eigenvalue weighted by Gasteiger charge is -2.13. The lowest BCUT2D eigenvalue weighted by atomic mass is 9.98. The van der Waals surface area contributed by atoms with Gasteiger partial charge in [0.2, 0.25) is 0 Å². The normalized spacial score (nSPS) is 14.1. The monoisotopic (exact) mass is 131 g/mol. The second kappa shape index (κ2) is 2.95. The van der Waals surface area contributed by atoms with E-state index in [1.165, 1.54) is 0 Å². The van der Waals surface area contributed by atoms with Gasteiger partial charge < -0.3 is 0 Å². The predicted octanol–water partition coefficient (Wildman–Crippen LogP) is 2.42. The summed E-state index contributed by atoms with van der Waals surface area (Å²) in [5.74, 6) is -0.259. The van der Waals surface area contributed by atoms with Crippen LogP contribution in [-0.4, -0.2) is 12.5 Å². The van der Waals surface area contributed by atoms with Crippen molar-refractivity contribution in [2.24, 2.45) is 10.4 Å². The van der Waals surface area contributed by atoms with E-state index in [0.29, 0.717) is 6.54 Å². The molecule has 0 saturated heterocycles. The molecule has 0 aliphatic heterocycles. The van der Waals surface area contributed by atoms with E-state index in [2.05, 4.69) is 4.99 Å². The second-order valence-corrected chi connectivity index (χ2v) is 3.02. The molecule has 9 heavy (non-hydrogen) atoms. The third kappa shape index (κ3) is 3.22. The lowest BCUT2D eigenvalue weighted by Crippen LogP contribution is -2.15. The first-order valence-corrected chi connectivity index (χ1v) is 3.19. The molecule has 0 aliphatic carbocycles. The molecule has 0 fully saturated rings. The summed E-state index contributed by atoms with van der Waals surface area (Å²) in [6.07, 6.45) is 0. The molecule has 0 atom stereocenters. The number of hydrogen-bond donors (Lipinski definition) is 0. The maximum atomic E-state index is 12.7. The van der Waals surface area contributed by atoms with Crippen LogP contribution in [0.2, 0.25) is 0 Å². The van der Waals surface area contributed by atoms with Crippen molar-refractivity contribution in [2.75, 3.05) is 6.54 Å². The van der Waals surface area contributed by atoms with Crippen molar-refractivity contribution in [3.63, 3.8) is 0 Å². The van der Waals surface area contributed by atoms with Gasteiger partial charge in [-0.25, -0.2) is 0 Å². The van der Waals surface area contributed by atoms with Crippen LogP contribution < -0.4 is 0 Å². The summed E-state index contributed by atoms with van der Waals surface area (Å²) in [6.45, 7) is 7.78. The minimum atomic E-state index is -0.407. The zero-order chi connectivity index (χ0) is 7.49. The number of rotatable bonds is 1. The van der Waals surface area contributed by atoms with Crippen LogP contribution in [0.5, 0.6) is 0 Å². The Bertz CT molecular complexity index is 111. The fraction of sp³-hybridized carbons (Fsp3) is 0.857. The molecule has 0 saturated carbocycles. The van der Waals surface area contributed by atoms with Gasteiger partial charge in [0.05, 0.1) is 0 Å². The summed E-state index contributed by atoms with van der Waals surface area (Å²) in [7, 11) is 0. The van der Waals surface area contributed by atoms with Crippen molar-refractivity contribution in [2.45, 2.75) is 27.7 Å². The Morgan fingerprint density at radius 1 is 1.44 bits per heavy atom. The highest BCUT2D eigenvalue weighted by atomic mass is 19.1. The van der Waals surface area contributed by atoms with Gasteiger partial charge in [0.15, 0.2) is 5.97 Å². The van der Waals surface area contributed by atoms with Gasteiger partial charge in [-0.3, -0.25) is 4.99 Å². The van der Waals surface area contributed by atoms with E-state index in [9.17, 15) is 4.39 Å². The van der Waals surface area contributed by atoms with Crippen LogP contribution in [0.15, 0.2) is 4.99 Å². The number of halogens is 1. The quantitative estimate of drug-likeness (QED) is 0.484.